The molecular weight excluding hydrogens is 245 g/mol. The van der Waals surface area contributed by atoms with Gasteiger partial charge in [-0.05, 0) is 12.1 Å². The molecule has 6 heteroatoms. The predicted molar refractivity (Wildman–Crippen MR) is 62.5 cm³/mol. The number of rotatable bonds is 3. The van der Waals surface area contributed by atoms with Crippen LogP contribution in [-0.2, 0) is 10.9 Å². The third-order valence-corrected chi connectivity index (χ3v) is 2.76. The molecule has 0 spiro atoms. The van der Waals surface area contributed by atoms with E-state index in [0.29, 0.717) is 19.7 Å². The van der Waals surface area contributed by atoms with Gasteiger partial charge in [0.1, 0.15) is 0 Å². The number of nitrogens with one attached hydrogen (secondary N) is 2. The smallest absolute Gasteiger partial charge is 0.382 e. The number of morpholine rings is 1. The largest absolute Gasteiger partial charge is 0.418 e. The number of hydrogen-bond acceptors (Lipinski definition) is 3. The molecule has 1 aromatic rings. The Morgan fingerprint density at radius 1 is 1.33 bits per heavy atom. The second-order valence-corrected chi connectivity index (χ2v) is 4.12. The van der Waals surface area contributed by atoms with Crippen molar-refractivity contribution >= 4 is 5.69 Å². The maximum atomic E-state index is 12.7. The number of benzene rings is 1. The van der Waals surface area contributed by atoms with Gasteiger partial charge in [-0.15, -0.1) is 0 Å². The van der Waals surface area contributed by atoms with Gasteiger partial charge in [-0.3, -0.25) is 0 Å². The first-order chi connectivity index (χ1) is 8.57. The zero-order chi connectivity index (χ0) is 13.0. The molecule has 2 rings (SSSR count). The second kappa shape index (κ2) is 5.58. The fraction of sp³-hybridized carbons (Fsp3) is 0.500. The van der Waals surface area contributed by atoms with E-state index in [-0.39, 0.29) is 11.8 Å². The first-order valence-corrected chi connectivity index (χ1v) is 5.80. The van der Waals surface area contributed by atoms with Crippen molar-refractivity contribution in [3.05, 3.63) is 29.8 Å². The zero-order valence-electron chi connectivity index (χ0n) is 9.76. The Kier molecular flexibility index (Phi) is 4.08. The highest BCUT2D eigenvalue weighted by atomic mass is 19.4. The third-order valence-electron chi connectivity index (χ3n) is 2.76. The van der Waals surface area contributed by atoms with Crippen molar-refractivity contribution in [3.8, 4) is 0 Å². The Hall–Kier alpha value is -1.27. The number of para-hydroxylation sites is 1. The zero-order valence-corrected chi connectivity index (χ0v) is 9.76. The summed E-state index contributed by atoms with van der Waals surface area (Å²) in [7, 11) is 0. The molecule has 1 heterocycles. The summed E-state index contributed by atoms with van der Waals surface area (Å²) in [6.45, 7) is 2.39. The molecule has 0 aliphatic carbocycles. The Bertz CT molecular complexity index is 389. The number of ether oxygens (including phenoxy) is 1. The minimum atomic E-state index is -4.34. The van der Waals surface area contributed by atoms with Crippen LogP contribution in [0.2, 0.25) is 0 Å². The van der Waals surface area contributed by atoms with Crippen molar-refractivity contribution in [1.82, 2.24) is 5.32 Å². The van der Waals surface area contributed by atoms with Crippen LogP contribution in [0.1, 0.15) is 5.56 Å². The summed E-state index contributed by atoms with van der Waals surface area (Å²) in [4.78, 5) is 0. The van der Waals surface area contributed by atoms with Gasteiger partial charge in [0.25, 0.3) is 0 Å². The first kappa shape index (κ1) is 13.2. The predicted octanol–water partition coefficient (Wildman–Crippen LogP) is 2.11. The quantitative estimate of drug-likeness (QED) is 0.873. The van der Waals surface area contributed by atoms with Crippen molar-refractivity contribution in [2.24, 2.45) is 0 Å². The van der Waals surface area contributed by atoms with E-state index in [0.717, 1.165) is 12.6 Å². The Balaban J connectivity index is 2.00. The van der Waals surface area contributed by atoms with Gasteiger partial charge in [-0.2, -0.15) is 13.2 Å². The molecule has 1 unspecified atom stereocenters. The van der Waals surface area contributed by atoms with Crippen LogP contribution in [0.3, 0.4) is 0 Å². The van der Waals surface area contributed by atoms with E-state index in [1.165, 1.54) is 12.1 Å². The summed E-state index contributed by atoms with van der Waals surface area (Å²) in [6.07, 6.45) is -4.44. The lowest BCUT2D eigenvalue weighted by Gasteiger charge is -2.25. The molecule has 1 aliphatic heterocycles. The maximum Gasteiger partial charge on any atom is 0.418 e. The highest BCUT2D eigenvalue weighted by Gasteiger charge is 2.33. The monoisotopic (exact) mass is 260 g/mol. The summed E-state index contributed by atoms with van der Waals surface area (Å²) >= 11 is 0. The van der Waals surface area contributed by atoms with Gasteiger partial charge in [0.2, 0.25) is 0 Å². The van der Waals surface area contributed by atoms with Gasteiger partial charge in [0.15, 0.2) is 0 Å². The average Bonchev–Trinajstić information content (AvgIpc) is 2.37. The van der Waals surface area contributed by atoms with Crippen LogP contribution < -0.4 is 10.6 Å². The van der Waals surface area contributed by atoms with Crippen LogP contribution in [0.15, 0.2) is 24.3 Å². The first-order valence-electron chi connectivity index (χ1n) is 5.80. The molecule has 18 heavy (non-hydrogen) atoms. The van der Waals surface area contributed by atoms with Crippen molar-refractivity contribution in [1.29, 1.82) is 0 Å². The van der Waals surface area contributed by atoms with E-state index >= 15 is 0 Å². The molecule has 3 nitrogen and oxygen atoms in total. The molecule has 100 valence electrons. The van der Waals surface area contributed by atoms with E-state index in [9.17, 15) is 13.2 Å². The van der Waals surface area contributed by atoms with Gasteiger partial charge < -0.3 is 15.4 Å². The van der Waals surface area contributed by atoms with Crippen molar-refractivity contribution < 1.29 is 17.9 Å². The van der Waals surface area contributed by atoms with E-state index in [4.69, 9.17) is 4.74 Å². The Morgan fingerprint density at radius 2 is 2.11 bits per heavy atom. The fourth-order valence-electron chi connectivity index (χ4n) is 1.86. The molecule has 0 radical (unpaired) electrons. The summed E-state index contributed by atoms with van der Waals surface area (Å²) < 4.78 is 43.6. The van der Waals surface area contributed by atoms with Crippen LogP contribution >= 0.6 is 0 Å². The highest BCUT2D eigenvalue weighted by molar-refractivity contribution is 5.52. The lowest BCUT2D eigenvalue weighted by molar-refractivity contribution is -0.137. The average molecular weight is 260 g/mol. The van der Waals surface area contributed by atoms with Crippen LogP contribution in [0.5, 0.6) is 0 Å². The van der Waals surface area contributed by atoms with Crippen molar-refractivity contribution in [2.45, 2.75) is 12.3 Å². The van der Waals surface area contributed by atoms with Crippen molar-refractivity contribution in [3.63, 3.8) is 0 Å². The molecule has 1 fully saturated rings. The Labute approximate surface area is 103 Å². The third kappa shape index (κ3) is 3.36. The molecule has 0 aromatic heterocycles. The highest BCUT2D eigenvalue weighted by Crippen LogP contribution is 2.34. The van der Waals surface area contributed by atoms with Crippen LogP contribution in [0, 0.1) is 0 Å². The lowest BCUT2D eigenvalue weighted by Crippen LogP contribution is -2.42. The van der Waals surface area contributed by atoms with E-state index in [1.807, 2.05) is 0 Å². The van der Waals surface area contributed by atoms with Gasteiger partial charge in [0.05, 0.1) is 18.3 Å². The molecule has 1 atom stereocenters. The fourth-order valence-corrected chi connectivity index (χ4v) is 1.86. The number of alkyl halides is 3. The molecule has 0 saturated carbocycles. The number of hydrogen-bond donors (Lipinski definition) is 2. The summed E-state index contributed by atoms with van der Waals surface area (Å²) in [5.74, 6) is 0. The number of halogens is 3. The lowest BCUT2D eigenvalue weighted by atomic mass is 10.1. The van der Waals surface area contributed by atoms with Crippen LogP contribution in [0.25, 0.3) is 0 Å². The van der Waals surface area contributed by atoms with Crippen LogP contribution in [-0.4, -0.2) is 32.3 Å². The SMILES string of the molecule is FC(F)(F)c1ccccc1NCC1CNCCO1. The van der Waals surface area contributed by atoms with E-state index < -0.39 is 11.7 Å². The van der Waals surface area contributed by atoms with E-state index in [2.05, 4.69) is 10.6 Å². The van der Waals surface area contributed by atoms with Crippen molar-refractivity contribution in [2.75, 3.05) is 31.6 Å². The second-order valence-electron chi connectivity index (χ2n) is 4.12. The van der Waals surface area contributed by atoms with Gasteiger partial charge in [-0.25, -0.2) is 0 Å². The van der Waals surface area contributed by atoms with Gasteiger partial charge in [0, 0.05) is 25.3 Å². The Morgan fingerprint density at radius 3 is 2.78 bits per heavy atom. The van der Waals surface area contributed by atoms with E-state index in [1.54, 1.807) is 6.07 Å². The minimum absolute atomic E-state index is 0.0965. The summed E-state index contributed by atoms with van der Waals surface area (Å²) in [5, 5.41) is 5.93. The maximum absolute atomic E-state index is 12.7. The molecular formula is C12H15F3N2O. The summed E-state index contributed by atoms with van der Waals surface area (Å²) in [6, 6.07) is 5.46. The summed E-state index contributed by atoms with van der Waals surface area (Å²) in [5.41, 5.74) is -0.548. The molecule has 1 aromatic carbocycles. The normalized spacial score (nSPS) is 20.7. The molecule has 0 amide bonds. The molecule has 0 bridgehead atoms. The standard InChI is InChI=1S/C12H15F3N2O/c13-12(14,15)10-3-1-2-4-11(10)17-8-9-7-16-5-6-18-9/h1-4,9,16-17H,5-8H2. The topological polar surface area (TPSA) is 33.3 Å². The number of anilines is 1. The minimum Gasteiger partial charge on any atom is -0.382 e. The van der Waals surface area contributed by atoms with Gasteiger partial charge >= 0.3 is 6.18 Å². The van der Waals surface area contributed by atoms with Gasteiger partial charge in [-0.1, -0.05) is 12.1 Å². The molecule has 1 saturated heterocycles. The molecule has 1 aliphatic rings. The van der Waals surface area contributed by atoms with Crippen LogP contribution in [0.4, 0.5) is 18.9 Å². The molecule has 2 N–H and O–H groups in total.